The lowest BCUT2D eigenvalue weighted by molar-refractivity contribution is 0.191. The molecule has 1 aliphatic carbocycles. The average Bonchev–Trinajstić information content (AvgIpc) is 3.40. The Labute approximate surface area is 185 Å². The lowest BCUT2D eigenvalue weighted by Gasteiger charge is -2.40. The maximum Gasteiger partial charge on any atom is 0.261 e. The fourth-order valence-corrected chi connectivity index (χ4v) is 6.11. The highest BCUT2D eigenvalue weighted by atomic mass is 32.1. The number of thiazole rings is 1. The molecule has 3 unspecified atom stereocenters. The van der Waals surface area contributed by atoms with Crippen molar-refractivity contribution >= 4 is 16.3 Å². The third kappa shape index (κ3) is 3.42. The Morgan fingerprint density at radius 1 is 1.00 bits per heavy atom. The van der Waals surface area contributed by atoms with E-state index in [1.165, 1.54) is 41.0 Å². The Balaban J connectivity index is 1.10. The van der Waals surface area contributed by atoms with Gasteiger partial charge in [-0.25, -0.2) is 4.98 Å². The summed E-state index contributed by atoms with van der Waals surface area (Å²) in [6.07, 6.45) is 5.66. The van der Waals surface area contributed by atoms with E-state index in [2.05, 4.69) is 64.5 Å². The minimum Gasteiger partial charge on any atom is -0.302 e. The Kier molecular flexibility index (Phi) is 4.73. The summed E-state index contributed by atoms with van der Waals surface area (Å²) in [6.45, 7) is 3.25. The van der Waals surface area contributed by atoms with E-state index in [4.69, 9.17) is 0 Å². The van der Waals surface area contributed by atoms with E-state index >= 15 is 0 Å². The molecule has 0 bridgehead atoms. The summed E-state index contributed by atoms with van der Waals surface area (Å²) < 4.78 is 1.67. The molecule has 2 fully saturated rings. The number of hydrogen-bond donors (Lipinski definition) is 0. The van der Waals surface area contributed by atoms with Gasteiger partial charge in [-0.1, -0.05) is 54.6 Å². The smallest absolute Gasteiger partial charge is 0.261 e. The van der Waals surface area contributed by atoms with Gasteiger partial charge in [0.15, 0.2) is 4.96 Å². The van der Waals surface area contributed by atoms with E-state index in [9.17, 15) is 4.79 Å². The quantitative estimate of drug-likeness (QED) is 0.463. The molecule has 5 heteroatoms. The zero-order chi connectivity index (χ0) is 20.8. The number of aromatic nitrogens is 2. The highest BCUT2D eigenvalue weighted by Gasteiger charge is 2.47. The zero-order valence-corrected chi connectivity index (χ0v) is 18.2. The van der Waals surface area contributed by atoms with Gasteiger partial charge in [-0.05, 0) is 47.3 Å². The molecular weight excluding hydrogens is 402 g/mol. The van der Waals surface area contributed by atoms with Gasteiger partial charge >= 0.3 is 0 Å². The maximum atomic E-state index is 12.6. The number of fused-ring (bicyclic) bond motifs is 2. The van der Waals surface area contributed by atoms with Crippen LogP contribution in [0.4, 0.5) is 0 Å². The molecule has 0 radical (unpaired) electrons. The first-order valence-corrected chi connectivity index (χ1v) is 12.0. The van der Waals surface area contributed by atoms with Crippen LogP contribution in [0.1, 0.15) is 23.5 Å². The average molecular weight is 428 g/mol. The van der Waals surface area contributed by atoms with Crippen molar-refractivity contribution < 1.29 is 0 Å². The third-order valence-electron chi connectivity index (χ3n) is 7.20. The predicted octanol–water partition coefficient (Wildman–Crippen LogP) is 4.70. The SMILES string of the molecule is O=c1c(CCN2CC3CC(c4ccc(-c5ccccc5)cc4)C3C2)cnc2sccn12. The second-order valence-electron chi connectivity index (χ2n) is 8.91. The molecular formula is C26H25N3OS. The summed E-state index contributed by atoms with van der Waals surface area (Å²) in [7, 11) is 0. The van der Waals surface area contributed by atoms with Gasteiger partial charge in [0.05, 0.1) is 0 Å². The molecule has 156 valence electrons. The molecule has 0 spiro atoms. The van der Waals surface area contributed by atoms with Gasteiger partial charge in [0, 0.05) is 43.0 Å². The third-order valence-corrected chi connectivity index (χ3v) is 7.97. The molecule has 0 N–H and O–H groups in total. The monoisotopic (exact) mass is 427 g/mol. The minimum absolute atomic E-state index is 0.0878. The molecule has 0 amide bonds. The maximum absolute atomic E-state index is 12.6. The van der Waals surface area contributed by atoms with Gasteiger partial charge in [0.25, 0.3) is 5.56 Å². The highest BCUT2D eigenvalue weighted by Crippen LogP contribution is 2.51. The van der Waals surface area contributed by atoms with Crippen LogP contribution in [-0.4, -0.2) is 33.9 Å². The van der Waals surface area contributed by atoms with Gasteiger partial charge in [-0.15, -0.1) is 11.3 Å². The van der Waals surface area contributed by atoms with Crippen molar-refractivity contribution in [2.75, 3.05) is 19.6 Å². The van der Waals surface area contributed by atoms with Crippen molar-refractivity contribution in [3.63, 3.8) is 0 Å². The van der Waals surface area contributed by atoms with E-state index in [1.54, 1.807) is 10.6 Å². The summed E-state index contributed by atoms with van der Waals surface area (Å²) in [4.78, 5) is 20.4. The normalized spacial score (nSPS) is 23.0. The van der Waals surface area contributed by atoms with Crippen LogP contribution in [0.15, 0.2) is 77.2 Å². The Bertz CT molecular complexity index is 1260. The summed E-state index contributed by atoms with van der Waals surface area (Å²) in [5.41, 5.74) is 4.95. The van der Waals surface area contributed by atoms with Crippen LogP contribution in [0.3, 0.4) is 0 Å². The van der Waals surface area contributed by atoms with Crippen LogP contribution in [0.2, 0.25) is 0 Å². The second-order valence-corrected chi connectivity index (χ2v) is 9.78. The van der Waals surface area contributed by atoms with E-state index < -0.39 is 0 Å². The van der Waals surface area contributed by atoms with Gasteiger partial charge in [-0.3, -0.25) is 9.20 Å². The Morgan fingerprint density at radius 2 is 1.81 bits per heavy atom. The first kappa shape index (κ1) is 19.0. The van der Waals surface area contributed by atoms with Crippen LogP contribution < -0.4 is 5.56 Å². The summed E-state index contributed by atoms with van der Waals surface area (Å²) in [5, 5.41) is 1.91. The fraction of sp³-hybridized carbons (Fsp3) is 0.308. The molecule has 1 saturated carbocycles. The van der Waals surface area contributed by atoms with E-state index in [0.717, 1.165) is 41.9 Å². The summed E-state index contributed by atoms with van der Waals surface area (Å²) in [5.74, 6) is 2.23. The van der Waals surface area contributed by atoms with E-state index in [0.29, 0.717) is 5.92 Å². The van der Waals surface area contributed by atoms with Gasteiger partial charge in [-0.2, -0.15) is 0 Å². The van der Waals surface area contributed by atoms with Gasteiger partial charge in [0.2, 0.25) is 0 Å². The molecule has 2 aliphatic rings. The largest absolute Gasteiger partial charge is 0.302 e. The number of likely N-dealkylation sites (tertiary alicyclic amines) is 1. The Hall–Kier alpha value is -2.76. The molecule has 31 heavy (non-hydrogen) atoms. The molecule has 2 aromatic heterocycles. The molecule has 3 atom stereocenters. The minimum atomic E-state index is 0.0878. The fourth-order valence-electron chi connectivity index (χ4n) is 5.43. The molecule has 1 saturated heterocycles. The van der Waals surface area contributed by atoms with E-state index in [1.807, 2.05) is 11.6 Å². The standard InChI is InChI=1S/C26H25N3OS/c30-25-21(15-27-26-29(25)12-13-31-26)10-11-28-16-22-14-23(24(22)17-28)20-8-6-19(7-9-20)18-4-2-1-3-5-18/h1-9,12-13,15,22-24H,10-11,14,16-17H2. The lowest BCUT2D eigenvalue weighted by Crippen LogP contribution is -2.33. The summed E-state index contributed by atoms with van der Waals surface area (Å²) >= 11 is 1.50. The summed E-state index contributed by atoms with van der Waals surface area (Å²) in [6, 6.07) is 19.8. The molecule has 3 heterocycles. The van der Waals surface area contributed by atoms with Crippen molar-refractivity contribution in [3.05, 3.63) is 93.9 Å². The van der Waals surface area contributed by atoms with Crippen molar-refractivity contribution in [2.45, 2.75) is 18.8 Å². The topological polar surface area (TPSA) is 37.6 Å². The molecule has 1 aliphatic heterocycles. The molecule has 4 nitrogen and oxygen atoms in total. The first-order chi connectivity index (χ1) is 15.3. The van der Waals surface area contributed by atoms with Crippen molar-refractivity contribution in [1.29, 1.82) is 0 Å². The molecule has 6 rings (SSSR count). The number of hydrogen-bond acceptors (Lipinski definition) is 4. The molecule has 4 aromatic rings. The molecule has 2 aromatic carbocycles. The van der Waals surface area contributed by atoms with Gasteiger partial charge in [0.1, 0.15) is 0 Å². The van der Waals surface area contributed by atoms with Crippen LogP contribution in [0.5, 0.6) is 0 Å². The second kappa shape index (κ2) is 7.74. The van der Waals surface area contributed by atoms with Crippen LogP contribution in [0.25, 0.3) is 16.1 Å². The zero-order valence-electron chi connectivity index (χ0n) is 17.4. The number of nitrogens with zero attached hydrogens (tertiary/aromatic N) is 3. The van der Waals surface area contributed by atoms with E-state index in [-0.39, 0.29) is 5.56 Å². The van der Waals surface area contributed by atoms with Crippen LogP contribution >= 0.6 is 11.3 Å². The van der Waals surface area contributed by atoms with Gasteiger partial charge < -0.3 is 4.90 Å². The lowest BCUT2D eigenvalue weighted by atomic mass is 9.64. The van der Waals surface area contributed by atoms with Crippen molar-refractivity contribution in [1.82, 2.24) is 14.3 Å². The number of rotatable bonds is 5. The van der Waals surface area contributed by atoms with Crippen molar-refractivity contribution in [3.8, 4) is 11.1 Å². The first-order valence-electron chi connectivity index (χ1n) is 11.1. The Morgan fingerprint density at radius 3 is 2.65 bits per heavy atom. The highest BCUT2D eigenvalue weighted by molar-refractivity contribution is 7.15. The van der Waals surface area contributed by atoms with Crippen LogP contribution in [0, 0.1) is 11.8 Å². The van der Waals surface area contributed by atoms with Crippen LogP contribution in [-0.2, 0) is 6.42 Å². The number of benzene rings is 2. The van der Waals surface area contributed by atoms with Crippen molar-refractivity contribution in [2.24, 2.45) is 11.8 Å². The predicted molar refractivity (Wildman–Crippen MR) is 126 cm³/mol.